The van der Waals surface area contributed by atoms with E-state index in [1.807, 2.05) is 0 Å². The van der Waals surface area contributed by atoms with Crippen LogP contribution < -0.4 is 0 Å². The van der Waals surface area contributed by atoms with Gasteiger partial charge in [-0.2, -0.15) is 0 Å². The molecule has 10 heavy (non-hydrogen) atoms. The molecule has 0 radical (unpaired) electrons. The molecule has 4 heteroatoms. The summed E-state index contributed by atoms with van der Waals surface area (Å²) < 4.78 is 0. The number of aliphatic hydroxyl groups is 4. The van der Waals surface area contributed by atoms with Crippen molar-refractivity contribution < 1.29 is 20.4 Å². The molecule has 62 valence electrons. The largest absolute Gasteiger partial charge is 0.393 e. The first kappa shape index (κ1) is 9.84. The van der Waals surface area contributed by atoms with Crippen molar-refractivity contribution in [3.8, 4) is 0 Å². The molecule has 0 aromatic carbocycles. The van der Waals surface area contributed by atoms with Crippen LogP contribution in [-0.2, 0) is 0 Å². The van der Waals surface area contributed by atoms with Crippen LogP contribution in [0.1, 0.15) is 13.3 Å². The monoisotopic (exact) mass is 150 g/mol. The lowest BCUT2D eigenvalue weighted by Crippen LogP contribution is -2.40. The first-order valence-electron chi connectivity index (χ1n) is 3.16. The number of hydrogen-bond acceptors (Lipinski definition) is 4. The van der Waals surface area contributed by atoms with E-state index in [0.717, 1.165) is 0 Å². The van der Waals surface area contributed by atoms with Crippen LogP contribution in [0.3, 0.4) is 0 Å². The molecular formula is C6H14O4. The summed E-state index contributed by atoms with van der Waals surface area (Å²) in [6, 6.07) is 0. The zero-order valence-corrected chi connectivity index (χ0v) is 5.99. The van der Waals surface area contributed by atoms with Gasteiger partial charge in [-0.15, -0.1) is 0 Å². The molecule has 0 aliphatic heterocycles. The molecule has 0 heterocycles. The Labute approximate surface area is 59.7 Å². The van der Waals surface area contributed by atoms with Gasteiger partial charge in [0.25, 0.3) is 0 Å². The first-order chi connectivity index (χ1) is 4.54. The van der Waals surface area contributed by atoms with E-state index in [4.69, 9.17) is 20.4 Å². The Kier molecular flexibility index (Phi) is 3.81. The maximum absolute atomic E-state index is 9.14. The Morgan fingerprint density at radius 3 is 1.80 bits per heavy atom. The van der Waals surface area contributed by atoms with E-state index >= 15 is 0 Å². The summed E-state index contributed by atoms with van der Waals surface area (Å²) in [5.41, 5.74) is -1.53. The Bertz CT molecular complexity index is 87.7. The minimum atomic E-state index is -1.53. The molecule has 0 amide bonds. The third-order valence-electron chi connectivity index (χ3n) is 1.26. The normalized spacial score (nSPS) is 15.3. The lowest BCUT2D eigenvalue weighted by molar-refractivity contribution is -0.0795. The highest BCUT2D eigenvalue weighted by molar-refractivity contribution is 4.78. The maximum atomic E-state index is 9.14. The van der Waals surface area contributed by atoms with Crippen molar-refractivity contribution in [3.63, 3.8) is 0 Å². The summed E-state index contributed by atoms with van der Waals surface area (Å²) in [5.74, 6) is 0. The highest BCUT2D eigenvalue weighted by atomic mass is 16.4. The average molecular weight is 150 g/mol. The minimum Gasteiger partial charge on any atom is -0.393 e. The van der Waals surface area contributed by atoms with Crippen molar-refractivity contribution in [1.82, 2.24) is 0 Å². The van der Waals surface area contributed by atoms with Crippen molar-refractivity contribution in [2.24, 2.45) is 0 Å². The Hall–Kier alpha value is -0.160. The van der Waals surface area contributed by atoms with Gasteiger partial charge in [0.15, 0.2) is 0 Å². The van der Waals surface area contributed by atoms with Gasteiger partial charge >= 0.3 is 0 Å². The summed E-state index contributed by atoms with van der Waals surface area (Å²) in [5, 5.41) is 34.9. The van der Waals surface area contributed by atoms with E-state index in [9.17, 15) is 0 Å². The molecule has 0 spiro atoms. The average Bonchev–Trinajstić information content (AvgIpc) is 1.87. The number of hydrogen-bond donors (Lipinski definition) is 4. The molecule has 4 nitrogen and oxygen atoms in total. The van der Waals surface area contributed by atoms with Crippen LogP contribution in [0.25, 0.3) is 0 Å². The van der Waals surface area contributed by atoms with Gasteiger partial charge in [-0.1, -0.05) is 0 Å². The van der Waals surface area contributed by atoms with Gasteiger partial charge < -0.3 is 20.4 Å². The molecule has 0 saturated carbocycles. The molecule has 0 saturated heterocycles. The Balaban J connectivity index is 3.80. The number of rotatable bonds is 4. The zero-order valence-electron chi connectivity index (χ0n) is 5.99. The Morgan fingerprint density at radius 1 is 1.30 bits per heavy atom. The molecule has 4 N–H and O–H groups in total. The van der Waals surface area contributed by atoms with Gasteiger partial charge in [0, 0.05) is 6.42 Å². The fraction of sp³-hybridized carbons (Fsp3) is 1.00. The fourth-order valence-electron chi connectivity index (χ4n) is 0.729. The first-order valence-corrected chi connectivity index (χ1v) is 3.16. The molecule has 1 atom stereocenters. The highest BCUT2D eigenvalue weighted by Gasteiger charge is 2.26. The van der Waals surface area contributed by atoms with Crippen molar-refractivity contribution >= 4 is 0 Å². The maximum Gasteiger partial charge on any atom is 0.113 e. The lowest BCUT2D eigenvalue weighted by Gasteiger charge is -2.24. The van der Waals surface area contributed by atoms with Crippen LogP contribution in [0.4, 0.5) is 0 Å². The van der Waals surface area contributed by atoms with Gasteiger partial charge in [0.1, 0.15) is 5.60 Å². The summed E-state index contributed by atoms with van der Waals surface area (Å²) in [7, 11) is 0. The van der Waals surface area contributed by atoms with E-state index in [2.05, 4.69) is 0 Å². The molecule has 0 aromatic rings. The van der Waals surface area contributed by atoms with Crippen molar-refractivity contribution in [1.29, 1.82) is 0 Å². The van der Waals surface area contributed by atoms with Gasteiger partial charge in [0.2, 0.25) is 0 Å². The van der Waals surface area contributed by atoms with Gasteiger partial charge in [-0.05, 0) is 6.92 Å². The van der Waals surface area contributed by atoms with Crippen LogP contribution in [0.5, 0.6) is 0 Å². The van der Waals surface area contributed by atoms with Crippen molar-refractivity contribution in [2.45, 2.75) is 25.0 Å². The van der Waals surface area contributed by atoms with E-state index in [-0.39, 0.29) is 6.42 Å². The van der Waals surface area contributed by atoms with Crippen LogP contribution in [0.2, 0.25) is 0 Å². The fourth-order valence-corrected chi connectivity index (χ4v) is 0.729. The van der Waals surface area contributed by atoms with E-state index < -0.39 is 24.9 Å². The molecule has 0 aliphatic carbocycles. The highest BCUT2D eigenvalue weighted by Crippen LogP contribution is 2.10. The third-order valence-corrected chi connectivity index (χ3v) is 1.26. The smallest absolute Gasteiger partial charge is 0.113 e. The van der Waals surface area contributed by atoms with Crippen molar-refractivity contribution in [2.75, 3.05) is 13.2 Å². The topological polar surface area (TPSA) is 80.9 Å². The zero-order chi connectivity index (χ0) is 8.20. The van der Waals surface area contributed by atoms with Crippen LogP contribution in [0.15, 0.2) is 0 Å². The standard InChI is InChI=1S/C6H14O4/c1-5(9)2-6(10,3-7)4-8/h5,7-10H,2-4H2,1H3. The van der Waals surface area contributed by atoms with E-state index in [0.29, 0.717) is 0 Å². The molecule has 0 fully saturated rings. The summed E-state index contributed by atoms with van der Waals surface area (Å²) in [6.07, 6.45) is -0.732. The molecule has 0 aliphatic rings. The van der Waals surface area contributed by atoms with Gasteiger partial charge in [-0.25, -0.2) is 0 Å². The predicted octanol–water partition coefficient (Wildman–Crippen LogP) is -1.53. The second-order valence-electron chi connectivity index (χ2n) is 2.59. The minimum absolute atomic E-state index is 0.0139. The molecule has 0 aromatic heterocycles. The summed E-state index contributed by atoms with van der Waals surface area (Å²) in [6.45, 7) is 0.416. The SMILES string of the molecule is CC(O)CC(O)(CO)CO. The van der Waals surface area contributed by atoms with Crippen LogP contribution in [-0.4, -0.2) is 45.3 Å². The molecular weight excluding hydrogens is 136 g/mol. The molecule has 0 bridgehead atoms. The lowest BCUT2D eigenvalue weighted by atomic mass is 9.99. The molecule has 1 unspecified atom stereocenters. The van der Waals surface area contributed by atoms with Crippen LogP contribution >= 0.6 is 0 Å². The van der Waals surface area contributed by atoms with Gasteiger partial charge in [-0.3, -0.25) is 0 Å². The van der Waals surface area contributed by atoms with Crippen molar-refractivity contribution in [3.05, 3.63) is 0 Å². The predicted molar refractivity (Wildman–Crippen MR) is 35.4 cm³/mol. The molecule has 0 rings (SSSR count). The summed E-state index contributed by atoms with van der Waals surface area (Å²) in [4.78, 5) is 0. The second-order valence-corrected chi connectivity index (χ2v) is 2.59. The quantitative estimate of drug-likeness (QED) is 0.392. The van der Waals surface area contributed by atoms with Crippen LogP contribution in [0, 0.1) is 0 Å². The second kappa shape index (κ2) is 3.88. The van der Waals surface area contributed by atoms with E-state index in [1.54, 1.807) is 0 Å². The third kappa shape index (κ3) is 3.12. The Morgan fingerprint density at radius 2 is 1.70 bits per heavy atom. The van der Waals surface area contributed by atoms with Gasteiger partial charge in [0.05, 0.1) is 19.3 Å². The van der Waals surface area contributed by atoms with E-state index in [1.165, 1.54) is 6.92 Å². The number of aliphatic hydroxyl groups excluding tert-OH is 3. The summed E-state index contributed by atoms with van der Waals surface area (Å²) >= 11 is 0.